The third-order valence-electron chi connectivity index (χ3n) is 5.30. The number of ether oxygens (including phenoxy) is 1. The molecule has 0 aromatic heterocycles. The first-order valence-electron chi connectivity index (χ1n) is 9.46. The number of benzene rings is 2. The Bertz CT molecular complexity index is 988. The van der Waals surface area contributed by atoms with Gasteiger partial charge in [-0.15, -0.1) is 0 Å². The predicted octanol–water partition coefficient (Wildman–Crippen LogP) is 1.76. The van der Waals surface area contributed by atoms with Crippen LogP contribution in [0.15, 0.2) is 48.5 Å². The van der Waals surface area contributed by atoms with Gasteiger partial charge in [0.1, 0.15) is 5.60 Å². The standard InChI is InChI=1S/C21H26N2O5S/c1-14(2)29(26,27)23-19-13-28-12-11-21(19,25)16-9-7-15(8-10-16)17-5-3-4-6-18(17)20(22)24/h3-10,14,19,23,25H,11-13H2,1-2H3,(H2,22,24)/t19-,21-/m0/s1. The number of aliphatic hydroxyl groups is 1. The second kappa shape index (κ2) is 8.23. The molecule has 1 heterocycles. The van der Waals surface area contributed by atoms with E-state index in [1.54, 1.807) is 56.3 Å². The maximum Gasteiger partial charge on any atom is 0.249 e. The maximum atomic E-state index is 12.3. The summed E-state index contributed by atoms with van der Waals surface area (Å²) < 4.78 is 32.7. The molecule has 1 fully saturated rings. The average Bonchev–Trinajstić information content (AvgIpc) is 2.69. The molecule has 0 unspecified atom stereocenters. The van der Waals surface area contributed by atoms with Crippen LogP contribution >= 0.6 is 0 Å². The van der Waals surface area contributed by atoms with Crippen LogP contribution in [0.4, 0.5) is 0 Å². The molecule has 0 bridgehead atoms. The molecule has 1 aliphatic heterocycles. The van der Waals surface area contributed by atoms with E-state index in [2.05, 4.69) is 4.72 Å². The third kappa shape index (κ3) is 4.35. The van der Waals surface area contributed by atoms with Gasteiger partial charge in [-0.1, -0.05) is 42.5 Å². The lowest BCUT2D eigenvalue weighted by atomic mass is 9.82. The molecule has 3 rings (SSSR count). The van der Waals surface area contributed by atoms with Crippen LogP contribution in [0.2, 0.25) is 0 Å². The zero-order valence-electron chi connectivity index (χ0n) is 16.5. The monoisotopic (exact) mass is 418 g/mol. The normalized spacial score (nSPS) is 22.6. The van der Waals surface area contributed by atoms with Crippen molar-refractivity contribution in [2.24, 2.45) is 5.73 Å². The number of carbonyl (C=O) groups is 1. The minimum absolute atomic E-state index is 0.0781. The first-order valence-corrected chi connectivity index (χ1v) is 11.0. The number of rotatable bonds is 6. The summed E-state index contributed by atoms with van der Waals surface area (Å²) in [4.78, 5) is 11.7. The van der Waals surface area contributed by atoms with Gasteiger partial charge in [-0.3, -0.25) is 4.79 Å². The minimum Gasteiger partial charge on any atom is -0.383 e. The lowest BCUT2D eigenvalue weighted by molar-refractivity contribution is -0.0898. The summed E-state index contributed by atoms with van der Waals surface area (Å²) in [5.74, 6) is -0.518. The van der Waals surface area contributed by atoms with E-state index in [0.29, 0.717) is 23.3 Å². The number of hydrogen-bond donors (Lipinski definition) is 3. The van der Waals surface area contributed by atoms with Crippen molar-refractivity contribution in [1.82, 2.24) is 4.72 Å². The molecule has 2 aromatic carbocycles. The van der Waals surface area contributed by atoms with Crippen molar-refractivity contribution in [3.05, 3.63) is 59.7 Å². The molecule has 2 atom stereocenters. The summed E-state index contributed by atoms with van der Waals surface area (Å²) >= 11 is 0. The van der Waals surface area contributed by atoms with E-state index in [4.69, 9.17) is 10.5 Å². The van der Waals surface area contributed by atoms with Crippen LogP contribution in [0.5, 0.6) is 0 Å². The largest absolute Gasteiger partial charge is 0.383 e. The Morgan fingerprint density at radius 1 is 1.21 bits per heavy atom. The molecular weight excluding hydrogens is 392 g/mol. The molecule has 2 aromatic rings. The molecule has 1 amide bonds. The van der Waals surface area contributed by atoms with Crippen molar-refractivity contribution in [2.45, 2.75) is 37.2 Å². The number of hydrogen-bond acceptors (Lipinski definition) is 5. The van der Waals surface area contributed by atoms with E-state index in [1.165, 1.54) is 0 Å². The Morgan fingerprint density at radius 2 is 1.86 bits per heavy atom. The van der Waals surface area contributed by atoms with Gasteiger partial charge in [0.25, 0.3) is 0 Å². The lowest BCUT2D eigenvalue weighted by Crippen LogP contribution is -2.57. The molecule has 0 spiro atoms. The molecule has 7 nitrogen and oxygen atoms in total. The number of carbonyl (C=O) groups excluding carboxylic acids is 1. The number of sulfonamides is 1. The SMILES string of the molecule is CC(C)S(=O)(=O)N[C@H]1COCC[C@]1(O)c1ccc(-c2ccccc2C(N)=O)cc1. The van der Waals surface area contributed by atoms with Gasteiger partial charge in [0.15, 0.2) is 0 Å². The van der Waals surface area contributed by atoms with Crippen LogP contribution in [-0.2, 0) is 20.4 Å². The summed E-state index contributed by atoms with van der Waals surface area (Å²) in [5.41, 5.74) is 6.53. The fourth-order valence-electron chi connectivity index (χ4n) is 3.44. The number of primary amides is 1. The average molecular weight is 419 g/mol. The number of amides is 1. The van der Waals surface area contributed by atoms with Crippen molar-refractivity contribution >= 4 is 15.9 Å². The van der Waals surface area contributed by atoms with Crippen LogP contribution in [0.1, 0.15) is 36.2 Å². The van der Waals surface area contributed by atoms with Gasteiger partial charge in [-0.25, -0.2) is 13.1 Å². The Kier molecular flexibility index (Phi) is 6.09. The van der Waals surface area contributed by atoms with Gasteiger partial charge in [-0.05, 0) is 36.6 Å². The summed E-state index contributed by atoms with van der Waals surface area (Å²) in [5, 5.41) is 10.7. The van der Waals surface area contributed by atoms with Crippen LogP contribution in [0.25, 0.3) is 11.1 Å². The van der Waals surface area contributed by atoms with Crippen molar-refractivity contribution in [2.75, 3.05) is 13.2 Å². The molecule has 29 heavy (non-hydrogen) atoms. The highest BCUT2D eigenvalue weighted by Gasteiger charge is 2.43. The fraction of sp³-hybridized carbons (Fsp3) is 0.381. The molecule has 4 N–H and O–H groups in total. The van der Waals surface area contributed by atoms with Crippen LogP contribution in [-0.4, -0.2) is 43.9 Å². The van der Waals surface area contributed by atoms with Gasteiger partial charge in [-0.2, -0.15) is 0 Å². The van der Waals surface area contributed by atoms with Gasteiger partial charge in [0.05, 0.1) is 17.9 Å². The van der Waals surface area contributed by atoms with Crippen molar-refractivity contribution in [3.8, 4) is 11.1 Å². The minimum atomic E-state index is -3.58. The van der Waals surface area contributed by atoms with Gasteiger partial charge in [0, 0.05) is 18.6 Å². The zero-order valence-corrected chi connectivity index (χ0v) is 17.3. The summed E-state index contributed by atoms with van der Waals surface area (Å²) in [7, 11) is -3.58. The quantitative estimate of drug-likeness (QED) is 0.660. The summed E-state index contributed by atoms with van der Waals surface area (Å²) in [6.07, 6.45) is 0.259. The zero-order chi connectivity index (χ0) is 21.2. The number of nitrogens with one attached hydrogen (secondary N) is 1. The van der Waals surface area contributed by atoms with E-state index >= 15 is 0 Å². The maximum absolute atomic E-state index is 12.3. The topological polar surface area (TPSA) is 119 Å². The summed E-state index contributed by atoms with van der Waals surface area (Å²) in [6, 6.07) is 13.3. The molecule has 156 valence electrons. The second-order valence-electron chi connectivity index (χ2n) is 7.50. The van der Waals surface area contributed by atoms with Crippen molar-refractivity contribution < 1.29 is 23.1 Å². The van der Waals surface area contributed by atoms with Crippen LogP contribution < -0.4 is 10.5 Å². The van der Waals surface area contributed by atoms with Gasteiger partial charge >= 0.3 is 0 Å². The Hall–Kier alpha value is -2.26. The highest BCUT2D eigenvalue weighted by atomic mass is 32.2. The first kappa shape index (κ1) is 21.4. The van der Waals surface area contributed by atoms with Crippen molar-refractivity contribution in [3.63, 3.8) is 0 Å². The highest BCUT2D eigenvalue weighted by Crippen LogP contribution is 2.34. The predicted molar refractivity (Wildman–Crippen MR) is 111 cm³/mol. The van der Waals surface area contributed by atoms with Crippen LogP contribution in [0, 0.1) is 0 Å². The van der Waals surface area contributed by atoms with E-state index < -0.39 is 32.8 Å². The van der Waals surface area contributed by atoms with E-state index in [-0.39, 0.29) is 13.0 Å². The molecule has 0 aliphatic carbocycles. The van der Waals surface area contributed by atoms with Crippen molar-refractivity contribution in [1.29, 1.82) is 0 Å². The molecule has 0 saturated carbocycles. The third-order valence-corrected chi connectivity index (χ3v) is 7.16. The smallest absolute Gasteiger partial charge is 0.249 e. The van der Waals surface area contributed by atoms with E-state index in [1.807, 2.05) is 6.07 Å². The molecule has 1 aliphatic rings. The fourth-order valence-corrected chi connectivity index (χ4v) is 4.37. The Labute approximate surface area is 170 Å². The first-order chi connectivity index (χ1) is 13.6. The second-order valence-corrected chi connectivity index (χ2v) is 9.77. The van der Waals surface area contributed by atoms with Gasteiger partial charge in [0.2, 0.25) is 15.9 Å². The van der Waals surface area contributed by atoms with Gasteiger partial charge < -0.3 is 15.6 Å². The molecule has 0 radical (unpaired) electrons. The lowest BCUT2D eigenvalue weighted by Gasteiger charge is -2.40. The van der Waals surface area contributed by atoms with Crippen LogP contribution in [0.3, 0.4) is 0 Å². The molecule has 8 heteroatoms. The van der Waals surface area contributed by atoms with E-state index in [9.17, 15) is 18.3 Å². The molecular formula is C21H26N2O5S. The Morgan fingerprint density at radius 3 is 2.48 bits per heavy atom. The van der Waals surface area contributed by atoms with E-state index in [0.717, 1.165) is 5.56 Å². The highest BCUT2D eigenvalue weighted by molar-refractivity contribution is 7.90. The molecule has 1 saturated heterocycles. The summed E-state index contributed by atoms with van der Waals surface area (Å²) in [6.45, 7) is 3.56. The number of nitrogens with two attached hydrogens (primary N) is 1. The Balaban J connectivity index is 1.94.